The maximum absolute atomic E-state index is 12.3. The Balaban J connectivity index is 2.16. The second-order valence-electron chi connectivity index (χ2n) is 5.93. The number of thiophene rings is 1. The first kappa shape index (κ1) is 15.0. The van der Waals surface area contributed by atoms with Crippen LogP contribution in [0.1, 0.15) is 48.0 Å². The van der Waals surface area contributed by atoms with Crippen molar-refractivity contribution in [3.8, 4) is 0 Å². The van der Waals surface area contributed by atoms with Crippen molar-refractivity contribution in [1.82, 2.24) is 5.32 Å². The number of hydrogen-bond donors (Lipinski definition) is 2. The van der Waals surface area contributed by atoms with Crippen LogP contribution < -0.4 is 5.32 Å². The van der Waals surface area contributed by atoms with E-state index in [-0.39, 0.29) is 11.8 Å². The topological polar surface area (TPSA) is 66.4 Å². The highest BCUT2D eigenvalue weighted by atomic mass is 32.1. The number of fused-ring (bicyclic) bond motifs is 1. The molecule has 2 atom stereocenters. The number of carbonyl (C=O) groups is 2. The number of rotatable bonds is 4. The lowest BCUT2D eigenvalue weighted by molar-refractivity contribution is -0.140. The predicted molar refractivity (Wildman–Crippen MR) is 79.2 cm³/mol. The highest BCUT2D eigenvalue weighted by Gasteiger charge is 2.27. The van der Waals surface area contributed by atoms with Gasteiger partial charge in [-0.3, -0.25) is 4.79 Å². The van der Waals surface area contributed by atoms with Gasteiger partial charge in [-0.1, -0.05) is 20.8 Å². The zero-order chi connectivity index (χ0) is 14.9. The molecule has 0 radical (unpaired) electrons. The zero-order valence-electron chi connectivity index (χ0n) is 12.1. The van der Waals surface area contributed by atoms with Crippen LogP contribution in [0.15, 0.2) is 5.38 Å². The first-order valence-electron chi connectivity index (χ1n) is 7.03. The van der Waals surface area contributed by atoms with Crippen LogP contribution >= 0.6 is 11.3 Å². The Morgan fingerprint density at radius 1 is 1.45 bits per heavy atom. The van der Waals surface area contributed by atoms with Crippen LogP contribution in [-0.4, -0.2) is 23.0 Å². The molecule has 0 spiro atoms. The van der Waals surface area contributed by atoms with E-state index in [0.29, 0.717) is 11.5 Å². The number of nitrogens with one attached hydrogen (secondary N) is 1. The minimum Gasteiger partial charge on any atom is -0.480 e. The molecule has 1 amide bonds. The first-order chi connectivity index (χ1) is 9.40. The van der Waals surface area contributed by atoms with E-state index in [1.54, 1.807) is 25.2 Å². The fraction of sp³-hybridized carbons (Fsp3) is 0.600. The third-order valence-electron chi connectivity index (χ3n) is 3.87. The summed E-state index contributed by atoms with van der Waals surface area (Å²) in [5, 5.41) is 13.7. The van der Waals surface area contributed by atoms with Crippen LogP contribution in [0.4, 0.5) is 0 Å². The minimum absolute atomic E-state index is 0.133. The van der Waals surface area contributed by atoms with Crippen molar-refractivity contribution in [3.63, 3.8) is 0 Å². The number of aliphatic carboxylic acids is 1. The van der Waals surface area contributed by atoms with Crippen LogP contribution in [-0.2, 0) is 17.6 Å². The van der Waals surface area contributed by atoms with Gasteiger partial charge in [-0.15, -0.1) is 11.3 Å². The summed E-state index contributed by atoms with van der Waals surface area (Å²) in [5.74, 6) is -0.699. The van der Waals surface area contributed by atoms with E-state index >= 15 is 0 Å². The van der Waals surface area contributed by atoms with Gasteiger partial charge in [0.25, 0.3) is 5.91 Å². The Bertz CT molecular complexity index is 521. The van der Waals surface area contributed by atoms with Crippen molar-refractivity contribution >= 4 is 23.2 Å². The van der Waals surface area contributed by atoms with Gasteiger partial charge in [0.2, 0.25) is 0 Å². The molecular formula is C15H21NO3S. The molecule has 110 valence electrons. The molecule has 2 unspecified atom stereocenters. The van der Waals surface area contributed by atoms with Gasteiger partial charge in [-0.2, -0.15) is 0 Å². The maximum Gasteiger partial charge on any atom is 0.326 e. The molecule has 1 aliphatic carbocycles. The summed E-state index contributed by atoms with van der Waals surface area (Å²) >= 11 is 1.62. The van der Waals surface area contributed by atoms with Crippen molar-refractivity contribution in [2.45, 2.75) is 46.1 Å². The molecule has 1 aliphatic rings. The van der Waals surface area contributed by atoms with E-state index in [9.17, 15) is 9.59 Å². The van der Waals surface area contributed by atoms with Crippen LogP contribution in [0.3, 0.4) is 0 Å². The lowest BCUT2D eigenvalue weighted by Gasteiger charge is -2.20. The summed E-state index contributed by atoms with van der Waals surface area (Å²) in [6.07, 6.45) is 3.04. The number of hydrogen-bond acceptors (Lipinski definition) is 3. The number of carboxylic acid groups (broad SMARTS) is 1. The van der Waals surface area contributed by atoms with E-state index in [4.69, 9.17) is 5.11 Å². The molecule has 1 aromatic heterocycles. The summed E-state index contributed by atoms with van der Waals surface area (Å²) in [5.41, 5.74) is 1.79. The van der Waals surface area contributed by atoms with Crippen molar-refractivity contribution < 1.29 is 14.7 Å². The predicted octanol–water partition coefficient (Wildman–Crippen LogP) is 2.71. The fourth-order valence-electron chi connectivity index (χ4n) is 2.60. The first-order valence-corrected chi connectivity index (χ1v) is 7.91. The molecule has 20 heavy (non-hydrogen) atoms. The molecule has 0 aliphatic heterocycles. The van der Waals surface area contributed by atoms with E-state index < -0.39 is 12.0 Å². The van der Waals surface area contributed by atoms with Crippen molar-refractivity contribution in [2.24, 2.45) is 11.8 Å². The lowest BCUT2D eigenvalue weighted by Crippen LogP contribution is -2.44. The van der Waals surface area contributed by atoms with Crippen LogP contribution in [0, 0.1) is 11.8 Å². The van der Waals surface area contributed by atoms with Gasteiger partial charge >= 0.3 is 5.97 Å². The number of carboxylic acids is 1. The van der Waals surface area contributed by atoms with E-state index in [1.165, 1.54) is 4.88 Å². The Kier molecular flexibility index (Phi) is 4.48. The van der Waals surface area contributed by atoms with Crippen LogP contribution in [0.5, 0.6) is 0 Å². The SMILES string of the molecule is CC1CCc2c(C(=O)NC(C(=O)O)C(C)C)csc2C1. The lowest BCUT2D eigenvalue weighted by atomic mass is 9.88. The molecule has 0 saturated heterocycles. The largest absolute Gasteiger partial charge is 0.480 e. The molecule has 1 aromatic rings. The van der Waals surface area contributed by atoms with E-state index in [0.717, 1.165) is 24.8 Å². The van der Waals surface area contributed by atoms with Gasteiger partial charge in [0.05, 0.1) is 5.56 Å². The Labute approximate surface area is 123 Å². The summed E-state index contributed by atoms with van der Waals surface area (Å²) in [7, 11) is 0. The second-order valence-corrected chi connectivity index (χ2v) is 6.90. The van der Waals surface area contributed by atoms with Crippen molar-refractivity contribution in [1.29, 1.82) is 0 Å². The second kappa shape index (κ2) is 5.95. The standard InChI is InChI=1S/C15H21NO3S/c1-8(2)13(15(18)19)16-14(17)11-7-20-12-6-9(3)4-5-10(11)12/h7-9,13H,4-6H2,1-3H3,(H,16,17)(H,18,19). The van der Waals surface area contributed by atoms with E-state index in [2.05, 4.69) is 12.2 Å². The number of carbonyl (C=O) groups excluding carboxylic acids is 1. The van der Waals surface area contributed by atoms with Crippen LogP contribution in [0.2, 0.25) is 0 Å². The molecule has 2 rings (SSSR count). The highest BCUT2D eigenvalue weighted by Crippen LogP contribution is 2.32. The third kappa shape index (κ3) is 3.03. The number of amides is 1. The van der Waals surface area contributed by atoms with Gasteiger partial charge in [-0.05, 0) is 36.7 Å². The average Bonchev–Trinajstić information content (AvgIpc) is 2.77. The molecule has 2 N–H and O–H groups in total. The summed E-state index contributed by atoms with van der Waals surface area (Å²) in [4.78, 5) is 24.8. The van der Waals surface area contributed by atoms with Crippen LogP contribution in [0.25, 0.3) is 0 Å². The third-order valence-corrected chi connectivity index (χ3v) is 4.92. The van der Waals surface area contributed by atoms with Gasteiger partial charge in [0, 0.05) is 10.3 Å². The molecule has 4 nitrogen and oxygen atoms in total. The normalized spacial score (nSPS) is 19.5. The summed E-state index contributed by atoms with van der Waals surface area (Å²) < 4.78 is 0. The Morgan fingerprint density at radius 2 is 2.15 bits per heavy atom. The minimum atomic E-state index is -0.980. The maximum atomic E-state index is 12.3. The molecule has 0 fully saturated rings. The molecule has 0 saturated carbocycles. The summed E-state index contributed by atoms with van der Waals surface area (Å²) in [6.45, 7) is 5.81. The monoisotopic (exact) mass is 295 g/mol. The van der Waals surface area contributed by atoms with E-state index in [1.807, 2.05) is 5.38 Å². The molecule has 1 heterocycles. The quantitative estimate of drug-likeness (QED) is 0.897. The summed E-state index contributed by atoms with van der Waals surface area (Å²) in [6, 6.07) is -0.833. The van der Waals surface area contributed by atoms with Gasteiger partial charge in [0.15, 0.2) is 0 Å². The van der Waals surface area contributed by atoms with Gasteiger partial charge < -0.3 is 10.4 Å². The smallest absolute Gasteiger partial charge is 0.326 e. The van der Waals surface area contributed by atoms with Gasteiger partial charge in [-0.25, -0.2) is 4.79 Å². The fourth-order valence-corrected chi connectivity index (χ4v) is 3.84. The van der Waals surface area contributed by atoms with Crippen molar-refractivity contribution in [3.05, 3.63) is 21.4 Å². The van der Waals surface area contributed by atoms with Gasteiger partial charge in [0.1, 0.15) is 6.04 Å². The highest BCUT2D eigenvalue weighted by molar-refractivity contribution is 7.10. The Morgan fingerprint density at radius 3 is 2.75 bits per heavy atom. The average molecular weight is 295 g/mol. The molecule has 0 bridgehead atoms. The molecule has 0 aromatic carbocycles. The van der Waals surface area contributed by atoms with Crippen molar-refractivity contribution in [2.75, 3.05) is 0 Å². The zero-order valence-corrected chi connectivity index (χ0v) is 12.9. The molecular weight excluding hydrogens is 274 g/mol. The Hall–Kier alpha value is -1.36. The molecule has 5 heteroatoms.